The largest absolute Gasteiger partial charge is 0.389 e. The predicted molar refractivity (Wildman–Crippen MR) is 121 cm³/mol. The molecule has 1 saturated heterocycles. The third kappa shape index (κ3) is 6.81. The topological polar surface area (TPSA) is 71.2 Å². The van der Waals surface area contributed by atoms with Gasteiger partial charge in [-0.05, 0) is 19.3 Å². The van der Waals surface area contributed by atoms with E-state index >= 15 is 0 Å². The minimum atomic E-state index is -0.649. The van der Waals surface area contributed by atoms with Gasteiger partial charge in [-0.3, -0.25) is 4.90 Å². The number of anilines is 1. The van der Waals surface area contributed by atoms with Gasteiger partial charge in [0.15, 0.2) is 0 Å². The summed E-state index contributed by atoms with van der Waals surface area (Å²) in [5.41, 5.74) is 2.91. The number of aromatic nitrogens is 1. The molecule has 0 saturated carbocycles. The van der Waals surface area contributed by atoms with Gasteiger partial charge >= 0.3 is 0 Å². The molecule has 31 heavy (non-hydrogen) atoms. The maximum absolute atomic E-state index is 10.5. The predicted octanol–water partition coefficient (Wildman–Crippen LogP) is 2.79. The lowest BCUT2D eigenvalue weighted by atomic mass is 10.1. The Hall–Kier alpha value is -2.37. The van der Waals surface area contributed by atoms with Crippen LogP contribution in [0.4, 0.5) is 5.88 Å². The van der Waals surface area contributed by atoms with Gasteiger partial charge in [-0.1, -0.05) is 41.4 Å². The van der Waals surface area contributed by atoms with E-state index in [-0.39, 0.29) is 13.2 Å². The lowest BCUT2D eigenvalue weighted by molar-refractivity contribution is 0.0207. The number of aliphatic hydroxyl groups is 1. The average molecular weight is 428 g/mol. The molecule has 3 rings (SSSR count). The van der Waals surface area contributed by atoms with Crippen LogP contribution in [0.25, 0.3) is 11.3 Å². The highest BCUT2D eigenvalue weighted by molar-refractivity contribution is 5.68. The van der Waals surface area contributed by atoms with Crippen molar-refractivity contribution in [3.63, 3.8) is 0 Å². The van der Waals surface area contributed by atoms with Crippen LogP contribution >= 0.6 is 0 Å². The van der Waals surface area contributed by atoms with Crippen LogP contribution < -0.4 is 4.90 Å². The van der Waals surface area contributed by atoms with Crippen molar-refractivity contribution in [1.82, 2.24) is 10.1 Å². The van der Waals surface area contributed by atoms with Crippen molar-refractivity contribution in [2.24, 2.45) is 0 Å². The number of ether oxygens (including phenoxy) is 2. The molecule has 1 aliphatic rings. The number of hydrogen-bond acceptors (Lipinski definition) is 7. The molecular formula is C24H33N3O4. The molecule has 168 valence electrons. The summed E-state index contributed by atoms with van der Waals surface area (Å²) in [7, 11) is 1.68. The molecule has 0 unspecified atom stereocenters. The van der Waals surface area contributed by atoms with Gasteiger partial charge in [-0.2, -0.15) is 0 Å². The zero-order chi connectivity index (χ0) is 21.9. The standard InChI is InChI=1S/C24H33N3O4/c1-3-15-30-19-21(28)17-26(14-16-29-2)18-22-23(20-10-6-4-7-11-20)25-31-24(22)27-12-8-5-9-13-27/h1,4,6-7,10-11,21,28H,5,8-9,12-19H2,2H3/t21-/m0/s1. The highest BCUT2D eigenvalue weighted by Gasteiger charge is 2.26. The van der Waals surface area contributed by atoms with E-state index in [9.17, 15) is 5.11 Å². The lowest BCUT2D eigenvalue weighted by Gasteiger charge is -2.29. The van der Waals surface area contributed by atoms with Crippen LogP contribution in [0, 0.1) is 12.3 Å². The Labute approximate surface area is 184 Å². The van der Waals surface area contributed by atoms with Crippen molar-refractivity contribution < 1.29 is 19.1 Å². The molecule has 1 aromatic heterocycles. The summed E-state index contributed by atoms with van der Waals surface area (Å²) in [6.07, 6.45) is 8.13. The molecule has 0 radical (unpaired) electrons. The van der Waals surface area contributed by atoms with Crippen LogP contribution in [0.1, 0.15) is 24.8 Å². The summed E-state index contributed by atoms with van der Waals surface area (Å²) in [6, 6.07) is 10.1. The smallest absolute Gasteiger partial charge is 0.232 e. The molecule has 2 aromatic rings. The van der Waals surface area contributed by atoms with E-state index in [0.717, 1.165) is 48.6 Å². The number of piperidine rings is 1. The second kappa shape index (κ2) is 12.5. The fraction of sp³-hybridized carbons (Fsp3) is 0.542. The SMILES string of the molecule is C#CCOC[C@@H](O)CN(CCOC)Cc1c(-c2ccccc2)noc1N1CCCCC1. The molecule has 7 heteroatoms. The summed E-state index contributed by atoms with van der Waals surface area (Å²) < 4.78 is 16.5. The average Bonchev–Trinajstić information content (AvgIpc) is 3.22. The van der Waals surface area contributed by atoms with Gasteiger partial charge in [-0.25, -0.2) is 0 Å². The summed E-state index contributed by atoms with van der Waals surface area (Å²) in [4.78, 5) is 4.44. The zero-order valence-electron chi connectivity index (χ0n) is 18.3. The maximum atomic E-state index is 10.5. The van der Waals surface area contributed by atoms with E-state index in [1.54, 1.807) is 7.11 Å². The highest BCUT2D eigenvalue weighted by Crippen LogP contribution is 2.33. The van der Waals surface area contributed by atoms with Crippen molar-refractivity contribution >= 4 is 5.88 Å². The van der Waals surface area contributed by atoms with Gasteiger partial charge in [0.05, 0.1) is 24.9 Å². The Morgan fingerprint density at radius 2 is 2.03 bits per heavy atom. The first-order chi connectivity index (χ1) is 15.2. The lowest BCUT2D eigenvalue weighted by Crippen LogP contribution is -2.37. The second-order valence-corrected chi connectivity index (χ2v) is 7.83. The Kier molecular flexibility index (Phi) is 9.38. The normalized spacial score (nSPS) is 15.2. The highest BCUT2D eigenvalue weighted by atomic mass is 16.5. The number of nitrogens with zero attached hydrogens (tertiary/aromatic N) is 3. The van der Waals surface area contributed by atoms with E-state index < -0.39 is 6.10 Å². The first-order valence-electron chi connectivity index (χ1n) is 10.9. The first kappa shape index (κ1) is 23.3. The molecule has 0 spiro atoms. The molecule has 1 fully saturated rings. The fourth-order valence-corrected chi connectivity index (χ4v) is 3.89. The van der Waals surface area contributed by atoms with E-state index in [0.29, 0.717) is 26.2 Å². The van der Waals surface area contributed by atoms with Gasteiger partial charge < -0.3 is 24.0 Å². The quantitative estimate of drug-likeness (QED) is 0.413. The third-order valence-corrected chi connectivity index (χ3v) is 5.42. The molecule has 1 N–H and O–H groups in total. The Morgan fingerprint density at radius 3 is 2.74 bits per heavy atom. The summed E-state index contributed by atoms with van der Waals surface area (Å²) in [5.74, 6) is 3.26. The third-order valence-electron chi connectivity index (χ3n) is 5.42. The van der Waals surface area contributed by atoms with Crippen LogP contribution in [0.2, 0.25) is 0 Å². The number of aliphatic hydroxyl groups excluding tert-OH is 1. The van der Waals surface area contributed by atoms with E-state index in [4.69, 9.17) is 20.4 Å². The minimum Gasteiger partial charge on any atom is -0.389 e. The number of rotatable bonds is 12. The van der Waals surface area contributed by atoms with Gasteiger partial charge in [0.2, 0.25) is 5.88 Å². The van der Waals surface area contributed by atoms with Crippen molar-refractivity contribution in [3.8, 4) is 23.6 Å². The zero-order valence-corrected chi connectivity index (χ0v) is 18.3. The van der Waals surface area contributed by atoms with Gasteiger partial charge in [0, 0.05) is 45.4 Å². The van der Waals surface area contributed by atoms with Gasteiger partial charge in [-0.15, -0.1) is 6.42 Å². The number of benzene rings is 1. The molecule has 0 amide bonds. The number of terminal acetylenes is 1. The number of methoxy groups -OCH3 is 1. The van der Waals surface area contributed by atoms with Crippen LogP contribution in [0.15, 0.2) is 34.9 Å². The Bertz CT molecular complexity index is 812. The molecule has 1 aliphatic heterocycles. The molecule has 1 aromatic carbocycles. The van der Waals surface area contributed by atoms with Crippen molar-refractivity contribution in [2.45, 2.75) is 31.9 Å². The Balaban J connectivity index is 1.83. The molecule has 0 aliphatic carbocycles. The monoisotopic (exact) mass is 427 g/mol. The second-order valence-electron chi connectivity index (χ2n) is 7.83. The molecule has 1 atom stereocenters. The Morgan fingerprint density at radius 1 is 1.26 bits per heavy atom. The molecule has 7 nitrogen and oxygen atoms in total. The van der Waals surface area contributed by atoms with E-state index in [1.165, 1.54) is 6.42 Å². The van der Waals surface area contributed by atoms with Crippen LogP contribution in [-0.4, -0.2) is 74.4 Å². The van der Waals surface area contributed by atoms with E-state index in [1.807, 2.05) is 30.3 Å². The van der Waals surface area contributed by atoms with Gasteiger partial charge in [0.25, 0.3) is 0 Å². The summed E-state index contributed by atoms with van der Waals surface area (Å²) in [6.45, 7) is 4.58. The maximum Gasteiger partial charge on any atom is 0.232 e. The molecule has 2 heterocycles. The summed E-state index contributed by atoms with van der Waals surface area (Å²) in [5, 5.41) is 14.9. The van der Waals surface area contributed by atoms with Crippen LogP contribution in [-0.2, 0) is 16.0 Å². The first-order valence-corrected chi connectivity index (χ1v) is 10.9. The summed E-state index contributed by atoms with van der Waals surface area (Å²) >= 11 is 0. The van der Waals surface area contributed by atoms with Gasteiger partial charge in [0.1, 0.15) is 12.3 Å². The van der Waals surface area contributed by atoms with Crippen LogP contribution in [0.5, 0.6) is 0 Å². The van der Waals surface area contributed by atoms with E-state index in [2.05, 4.69) is 20.9 Å². The number of hydrogen-bond donors (Lipinski definition) is 1. The van der Waals surface area contributed by atoms with Crippen LogP contribution in [0.3, 0.4) is 0 Å². The minimum absolute atomic E-state index is 0.193. The van der Waals surface area contributed by atoms with Crippen molar-refractivity contribution in [3.05, 3.63) is 35.9 Å². The van der Waals surface area contributed by atoms with Crippen molar-refractivity contribution in [1.29, 1.82) is 0 Å². The fourth-order valence-electron chi connectivity index (χ4n) is 3.89. The van der Waals surface area contributed by atoms with Crippen molar-refractivity contribution in [2.75, 3.05) is 58.0 Å². The molecule has 0 bridgehead atoms. The molecular weight excluding hydrogens is 394 g/mol.